The van der Waals surface area contributed by atoms with E-state index >= 15 is 0 Å². The van der Waals surface area contributed by atoms with Crippen molar-refractivity contribution in [2.45, 2.75) is 58.4 Å². The molecule has 0 radical (unpaired) electrons. The molecule has 0 aromatic carbocycles. The maximum absolute atomic E-state index is 10.6. The van der Waals surface area contributed by atoms with Crippen LogP contribution in [-0.4, -0.2) is 73.5 Å². The van der Waals surface area contributed by atoms with Gasteiger partial charge in [-0.1, -0.05) is 0 Å². The number of hydrogen-bond donors (Lipinski definition) is 2. The highest BCUT2D eigenvalue weighted by Gasteiger charge is 2.38. The van der Waals surface area contributed by atoms with Crippen LogP contribution in [-0.2, 0) is 35.8 Å². The lowest BCUT2D eigenvalue weighted by atomic mass is 10.2. The van der Waals surface area contributed by atoms with Crippen molar-refractivity contribution in [1.82, 2.24) is 19.4 Å². The molecule has 0 spiro atoms. The average Bonchev–Trinajstić information content (AvgIpc) is 3.37. The fourth-order valence-corrected chi connectivity index (χ4v) is 3.37. The molecule has 1 aliphatic heterocycles. The third kappa shape index (κ3) is 10.7. The second kappa shape index (κ2) is 12.9. The lowest BCUT2D eigenvalue weighted by Crippen LogP contribution is -2.35. The van der Waals surface area contributed by atoms with Crippen LogP contribution in [0.15, 0.2) is 23.0 Å². The third-order valence-electron chi connectivity index (χ3n) is 4.79. The molecule has 0 unspecified atom stereocenters. The van der Waals surface area contributed by atoms with Crippen molar-refractivity contribution in [3.63, 3.8) is 0 Å². The average molecular weight is 533 g/mol. The second-order valence-electron chi connectivity index (χ2n) is 7.77. The van der Waals surface area contributed by atoms with E-state index in [-0.39, 0.29) is 0 Å². The molecule has 0 amide bonds. The zero-order valence-electron chi connectivity index (χ0n) is 19.1. The second-order valence-corrected chi connectivity index (χ2v) is 8.55. The van der Waals surface area contributed by atoms with Gasteiger partial charge in [0.1, 0.15) is 5.82 Å². The van der Waals surface area contributed by atoms with Gasteiger partial charge in [-0.05, 0) is 43.3 Å². The first-order chi connectivity index (χ1) is 16.0. The highest BCUT2D eigenvalue weighted by atomic mass is 32.1. The molecule has 0 saturated heterocycles. The lowest BCUT2D eigenvalue weighted by molar-refractivity contribution is -0.193. The van der Waals surface area contributed by atoms with Gasteiger partial charge in [-0.15, -0.1) is 0 Å². The Balaban J connectivity index is 0.000000362. The molecular weight excluding hydrogens is 506 g/mol. The first-order valence-corrected chi connectivity index (χ1v) is 11.0. The summed E-state index contributed by atoms with van der Waals surface area (Å²) in [5.74, 6) is -4.30. The number of aliphatic carboxylic acids is 2. The fourth-order valence-electron chi connectivity index (χ4n) is 2.71. The van der Waals surface area contributed by atoms with Crippen LogP contribution in [0.4, 0.5) is 26.3 Å². The molecule has 8 nitrogen and oxygen atoms in total. The molecule has 2 N–H and O–H groups in total. The van der Waals surface area contributed by atoms with Crippen LogP contribution in [0.3, 0.4) is 0 Å². The van der Waals surface area contributed by atoms with Gasteiger partial charge in [0.15, 0.2) is 0 Å². The third-order valence-corrected chi connectivity index (χ3v) is 5.52. The van der Waals surface area contributed by atoms with E-state index in [1.807, 2.05) is 0 Å². The van der Waals surface area contributed by atoms with E-state index in [2.05, 4.69) is 63.3 Å². The number of fused-ring (bicyclic) bond motifs is 1. The predicted octanol–water partition coefficient (Wildman–Crippen LogP) is 4.07. The number of rotatable bonds is 5. The summed E-state index contributed by atoms with van der Waals surface area (Å²) in [7, 11) is 2.18. The molecule has 15 heteroatoms. The normalized spacial score (nSPS) is 14.0. The maximum Gasteiger partial charge on any atom is 0.490 e. The molecule has 1 aliphatic rings. The molecule has 3 heterocycles. The Hall–Kier alpha value is -2.65. The maximum atomic E-state index is 10.6. The van der Waals surface area contributed by atoms with E-state index in [9.17, 15) is 26.3 Å². The molecule has 2 aromatic rings. The Labute approximate surface area is 201 Å². The Kier molecular flexibility index (Phi) is 11.2. The predicted molar refractivity (Wildman–Crippen MR) is 115 cm³/mol. The van der Waals surface area contributed by atoms with E-state index < -0.39 is 24.3 Å². The molecular formula is C20H26F6N4O4S. The van der Waals surface area contributed by atoms with Crippen molar-refractivity contribution in [2.24, 2.45) is 0 Å². The van der Waals surface area contributed by atoms with Gasteiger partial charge >= 0.3 is 24.3 Å². The number of halogens is 6. The van der Waals surface area contributed by atoms with Crippen molar-refractivity contribution in [1.29, 1.82) is 0 Å². The van der Waals surface area contributed by atoms with Crippen LogP contribution in [0.1, 0.15) is 30.9 Å². The highest BCUT2D eigenvalue weighted by molar-refractivity contribution is 7.07. The van der Waals surface area contributed by atoms with Crippen molar-refractivity contribution >= 4 is 23.3 Å². The lowest BCUT2D eigenvalue weighted by Gasteiger charge is -2.29. The minimum Gasteiger partial charge on any atom is -0.475 e. The molecule has 0 fully saturated rings. The van der Waals surface area contributed by atoms with Crippen LogP contribution < -0.4 is 0 Å². The summed E-state index contributed by atoms with van der Waals surface area (Å²) >= 11 is 1.77. The molecule has 2 aromatic heterocycles. The van der Waals surface area contributed by atoms with Crippen molar-refractivity contribution in [3.05, 3.63) is 40.1 Å². The van der Waals surface area contributed by atoms with E-state index in [0.717, 1.165) is 32.7 Å². The number of carbonyl (C=O) groups is 2. The van der Waals surface area contributed by atoms with Crippen LogP contribution in [0.25, 0.3) is 0 Å². The van der Waals surface area contributed by atoms with E-state index in [4.69, 9.17) is 19.8 Å². The number of carboxylic acid groups (broad SMARTS) is 2. The van der Waals surface area contributed by atoms with Crippen molar-refractivity contribution in [3.8, 4) is 0 Å². The number of carboxylic acids is 2. The summed E-state index contributed by atoms with van der Waals surface area (Å²) in [5, 5.41) is 18.6. The monoisotopic (exact) mass is 532 g/mol. The summed E-state index contributed by atoms with van der Waals surface area (Å²) in [6.45, 7) is 9.61. The van der Waals surface area contributed by atoms with Crippen LogP contribution >= 0.6 is 11.3 Å². The first kappa shape index (κ1) is 30.4. The number of aromatic nitrogens is 2. The van der Waals surface area contributed by atoms with Crippen molar-refractivity contribution < 1.29 is 46.1 Å². The number of imidazole rings is 1. The summed E-state index contributed by atoms with van der Waals surface area (Å²) in [4.78, 5) is 27.3. The van der Waals surface area contributed by atoms with E-state index in [1.165, 1.54) is 17.1 Å². The van der Waals surface area contributed by atoms with Gasteiger partial charge in [0, 0.05) is 38.4 Å². The Bertz CT molecular complexity index is 921. The fraction of sp³-hybridized carbons (Fsp3) is 0.550. The van der Waals surface area contributed by atoms with Gasteiger partial charge in [-0.2, -0.15) is 37.7 Å². The molecule has 0 aliphatic carbocycles. The van der Waals surface area contributed by atoms with Gasteiger partial charge < -0.3 is 14.8 Å². The molecule has 198 valence electrons. The number of hydrogen-bond acceptors (Lipinski definition) is 6. The van der Waals surface area contributed by atoms with Crippen molar-refractivity contribution in [2.75, 3.05) is 13.6 Å². The largest absolute Gasteiger partial charge is 0.490 e. The standard InChI is InChI=1S/C16H24N4S.2C2HF3O2/c1-13(2)18(3)10-15-8-17-16-11-19(5-6-20(15)16)9-14-4-7-21-12-14;2*3-2(4,5)1(6)7/h4,7-8,12-13H,5-6,9-11H2,1-3H3;2*(H,6,7). The Morgan fingerprint density at radius 2 is 1.66 bits per heavy atom. The Morgan fingerprint density at radius 3 is 2.09 bits per heavy atom. The van der Waals surface area contributed by atoms with Crippen LogP contribution in [0.2, 0.25) is 0 Å². The molecule has 3 rings (SSSR count). The summed E-state index contributed by atoms with van der Waals surface area (Å²) in [5.41, 5.74) is 2.76. The zero-order valence-corrected chi connectivity index (χ0v) is 19.9. The number of thiophene rings is 1. The van der Waals surface area contributed by atoms with Gasteiger partial charge in [0.2, 0.25) is 0 Å². The minimum atomic E-state index is -5.08. The minimum absolute atomic E-state index is 0.565. The van der Waals surface area contributed by atoms with Crippen LogP contribution in [0.5, 0.6) is 0 Å². The van der Waals surface area contributed by atoms with E-state index in [1.54, 1.807) is 11.3 Å². The van der Waals surface area contributed by atoms with Gasteiger partial charge in [0.25, 0.3) is 0 Å². The summed E-state index contributed by atoms with van der Waals surface area (Å²) < 4.78 is 65.9. The smallest absolute Gasteiger partial charge is 0.475 e. The highest BCUT2D eigenvalue weighted by Crippen LogP contribution is 2.19. The first-order valence-electron chi connectivity index (χ1n) is 10.1. The summed E-state index contributed by atoms with van der Waals surface area (Å²) in [6.07, 6.45) is -8.11. The zero-order chi connectivity index (χ0) is 27.0. The summed E-state index contributed by atoms with van der Waals surface area (Å²) in [6, 6.07) is 2.78. The quantitative estimate of drug-likeness (QED) is 0.561. The Morgan fingerprint density at radius 1 is 1.11 bits per heavy atom. The topological polar surface area (TPSA) is 98.9 Å². The SMILES string of the molecule is CC(C)N(C)Cc1cnc2n1CCN(Cc1ccsc1)C2.O=C(O)C(F)(F)F.O=C(O)C(F)(F)F. The number of nitrogens with zero attached hydrogens (tertiary/aromatic N) is 4. The van der Waals surface area contributed by atoms with E-state index in [0.29, 0.717) is 6.04 Å². The molecule has 0 bridgehead atoms. The molecule has 0 saturated carbocycles. The van der Waals surface area contributed by atoms with Crippen LogP contribution in [0, 0.1) is 0 Å². The molecule has 35 heavy (non-hydrogen) atoms. The number of alkyl halides is 6. The molecule has 0 atom stereocenters. The van der Waals surface area contributed by atoms with Gasteiger partial charge in [-0.25, -0.2) is 14.6 Å². The van der Waals surface area contributed by atoms with Gasteiger partial charge in [0.05, 0.1) is 12.2 Å². The van der Waals surface area contributed by atoms with Gasteiger partial charge in [-0.3, -0.25) is 9.80 Å².